The molecule has 1 aromatic carbocycles. The number of ether oxygens (including phenoxy) is 1. The molecule has 0 radical (unpaired) electrons. The van der Waals surface area contributed by atoms with Gasteiger partial charge in [0.05, 0.1) is 7.11 Å². The quantitative estimate of drug-likeness (QED) is 0.874. The number of aryl methyl sites for hydroxylation is 1. The van der Waals surface area contributed by atoms with E-state index in [0.29, 0.717) is 12.5 Å². The van der Waals surface area contributed by atoms with Crippen molar-refractivity contribution in [2.45, 2.75) is 13.5 Å². The number of anilines is 1. The van der Waals surface area contributed by atoms with Gasteiger partial charge in [0, 0.05) is 24.0 Å². The fourth-order valence-electron chi connectivity index (χ4n) is 1.56. The molecule has 4 nitrogen and oxygen atoms in total. The Morgan fingerprint density at radius 1 is 1.24 bits per heavy atom. The van der Waals surface area contributed by atoms with E-state index in [9.17, 15) is 0 Å². The second-order valence-corrected chi connectivity index (χ2v) is 3.69. The first kappa shape index (κ1) is 11.4. The van der Waals surface area contributed by atoms with Crippen LogP contribution in [0.5, 0.6) is 5.75 Å². The van der Waals surface area contributed by atoms with Crippen LogP contribution in [0.3, 0.4) is 0 Å². The highest BCUT2D eigenvalue weighted by Gasteiger charge is 2.02. The molecule has 0 unspecified atom stereocenters. The zero-order valence-corrected chi connectivity index (χ0v) is 9.97. The summed E-state index contributed by atoms with van der Waals surface area (Å²) in [6, 6.07) is 9.76. The maximum absolute atomic E-state index is 5.28. The van der Waals surface area contributed by atoms with Gasteiger partial charge in [0.25, 0.3) is 0 Å². The van der Waals surface area contributed by atoms with Crippen LogP contribution >= 0.6 is 0 Å². The monoisotopic (exact) mass is 229 g/mol. The van der Waals surface area contributed by atoms with E-state index < -0.39 is 0 Å². The van der Waals surface area contributed by atoms with Crippen molar-refractivity contribution in [2.24, 2.45) is 0 Å². The molecule has 1 N–H and O–H groups in total. The van der Waals surface area contributed by atoms with Crippen LogP contribution in [0.4, 0.5) is 5.95 Å². The van der Waals surface area contributed by atoms with Gasteiger partial charge in [-0.3, -0.25) is 0 Å². The SMILES string of the molecule is COc1ccccc1CNc1nccc(C)n1. The lowest BCUT2D eigenvalue weighted by Crippen LogP contribution is -2.05. The summed E-state index contributed by atoms with van der Waals surface area (Å²) in [6.45, 7) is 2.59. The van der Waals surface area contributed by atoms with Gasteiger partial charge >= 0.3 is 0 Å². The summed E-state index contributed by atoms with van der Waals surface area (Å²) in [5.41, 5.74) is 2.03. The molecular weight excluding hydrogens is 214 g/mol. The lowest BCUT2D eigenvalue weighted by atomic mass is 10.2. The second kappa shape index (κ2) is 5.30. The highest BCUT2D eigenvalue weighted by molar-refractivity contribution is 5.36. The van der Waals surface area contributed by atoms with Gasteiger partial charge in [-0.15, -0.1) is 0 Å². The van der Waals surface area contributed by atoms with Gasteiger partial charge in [-0.2, -0.15) is 0 Å². The largest absolute Gasteiger partial charge is 0.496 e. The highest BCUT2D eigenvalue weighted by atomic mass is 16.5. The second-order valence-electron chi connectivity index (χ2n) is 3.69. The number of methoxy groups -OCH3 is 1. The van der Waals surface area contributed by atoms with Crippen LogP contribution in [0.2, 0.25) is 0 Å². The van der Waals surface area contributed by atoms with E-state index in [1.54, 1.807) is 13.3 Å². The molecule has 0 fully saturated rings. The summed E-state index contributed by atoms with van der Waals surface area (Å²) in [4.78, 5) is 8.43. The van der Waals surface area contributed by atoms with Gasteiger partial charge < -0.3 is 10.1 Å². The fraction of sp³-hybridized carbons (Fsp3) is 0.231. The van der Waals surface area contributed by atoms with E-state index in [4.69, 9.17) is 4.74 Å². The minimum absolute atomic E-state index is 0.635. The number of aromatic nitrogens is 2. The van der Waals surface area contributed by atoms with E-state index in [1.165, 1.54) is 0 Å². The first-order chi connectivity index (χ1) is 8.29. The van der Waals surface area contributed by atoms with Crippen molar-refractivity contribution in [1.82, 2.24) is 9.97 Å². The van der Waals surface area contributed by atoms with Crippen LogP contribution in [-0.2, 0) is 6.54 Å². The van der Waals surface area contributed by atoms with Crippen LogP contribution in [0.25, 0.3) is 0 Å². The highest BCUT2D eigenvalue weighted by Crippen LogP contribution is 2.17. The predicted molar refractivity (Wildman–Crippen MR) is 67.1 cm³/mol. The van der Waals surface area contributed by atoms with Gasteiger partial charge in [0.2, 0.25) is 5.95 Å². The zero-order chi connectivity index (χ0) is 12.1. The Balaban J connectivity index is 2.07. The van der Waals surface area contributed by atoms with E-state index in [2.05, 4.69) is 15.3 Å². The molecule has 2 aromatic rings. The number of hydrogen-bond acceptors (Lipinski definition) is 4. The first-order valence-corrected chi connectivity index (χ1v) is 5.45. The third-order valence-electron chi connectivity index (χ3n) is 2.42. The summed E-state index contributed by atoms with van der Waals surface area (Å²) in [5.74, 6) is 1.50. The van der Waals surface area contributed by atoms with Crippen molar-refractivity contribution < 1.29 is 4.74 Å². The molecule has 4 heteroatoms. The Hall–Kier alpha value is -2.10. The number of hydrogen-bond donors (Lipinski definition) is 1. The molecule has 2 rings (SSSR count). The molecule has 0 aliphatic heterocycles. The van der Waals surface area contributed by atoms with E-state index in [-0.39, 0.29) is 0 Å². The number of benzene rings is 1. The first-order valence-electron chi connectivity index (χ1n) is 5.45. The summed E-state index contributed by atoms with van der Waals surface area (Å²) >= 11 is 0. The Labute approximate surface area is 101 Å². The lowest BCUT2D eigenvalue weighted by molar-refractivity contribution is 0.410. The third kappa shape index (κ3) is 2.93. The molecule has 0 aliphatic rings. The van der Waals surface area contributed by atoms with Crippen molar-refractivity contribution in [3.63, 3.8) is 0 Å². The average Bonchev–Trinajstić information content (AvgIpc) is 2.37. The minimum Gasteiger partial charge on any atom is -0.496 e. The molecular formula is C13H15N3O. The predicted octanol–water partition coefficient (Wildman–Crippen LogP) is 2.41. The molecule has 1 aromatic heterocycles. The van der Waals surface area contributed by atoms with Gasteiger partial charge in [0.1, 0.15) is 5.75 Å². The molecule has 0 saturated carbocycles. The fourth-order valence-corrected chi connectivity index (χ4v) is 1.56. The van der Waals surface area contributed by atoms with Gasteiger partial charge in [-0.25, -0.2) is 9.97 Å². The topological polar surface area (TPSA) is 47.0 Å². The summed E-state index contributed by atoms with van der Waals surface area (Å²) < 4.78 is 5.28. The smallest absolute Gasteiger partial charge is 0.223 e. The van der Waals surface area contributed by atoms with Crippen molar-refractivity contribution in [2.75, 3.05) is 12.4 Å². The molecule has 88 valence electrons. The van der Waals surface area contributed by atoms with E-state index >= 15 is 0 Å². The number of rotatable bonds is 4. The molecule has 0 amide bonds. The summed E-state index contributed by atoms with van der Waals surface area (Å²) in [5, 5.41) is 3.17. The van der Waals surface area contributed by atoms with E-state index in [0.717, 1.165) is 17.0 Å². The van der Waals surface area contributed by atoms with Crippen molar-refractivity contribution in [1.29, 1.82) is 0 Å². The normalized spacial score (nSPS) is 10.0. The third-order valence-corrected chi connectivity index (χ3v) is 2.42. The van der Waals surface area contributed by atoms with Crippen molar-refractivity contribution in [3.8, 4) is 5.75 Å². The van der Waals surface area contributed by atoms with Crippen molar-refractivity contribution >= 4 is 5.95 Å². The average molecular weight is 229 g/mol. The number of nitrogens with one attached hydrogen (secondary N) is 1. The maximum atomic E-state index is 5.28. The minimum atomic E-state index is 0.635. The van der Waals surface area contributed by atoms with Gasteiger partial charge in [-0.05, 0) is 19.1 Å². The Kier molecular flexibility index (Phi) is 3.55. The Morgan fingerprint density at radius 3 is 2.82 bits per heavy atom. The molecule has 17 heavy (non-hydrogen) atoms. The molecule has 0 aliphatic carbocycles. The molecule has 0 atom stereocenters. The van der Waals surface area contributed by atoms with Crippen LogP contribution in [0.15, 0.2) is 36.5 Å². The zero-order valence-electron chi connectivity index (χ0n) is 9.97. The summed E-state index contributed by atoms with van der Waals surface area (Å²) in [7, 11) is 1.67. The Bertz CT molecular complexity index is 500. The van der Waals surface area contributed by atoms with Crippen molar-refractivity contribution in [3.05, 3.63) is 47.8 Å². The lowest BCUT2D eigenvalue weighted by Gasteiger charge is -2.09. The number of para-hydroxylation sites is 1. The van der Waals surface area contributed by atoms with Crippen LogP contribution in [0.1, 0.15) is 11.3 Å². The van der Waals surface area contributed by atoms with Gasteiger partial charge in [-0.1, -0.05) is 18.2 Å². The maximum Gasteiger partial charge on any atom is 0.223 e. The van der Waals surface area contributed by atoms with E-state index in [1.807, 2.05) is 37.3 Å². The van der Waals surface area contributed by atoms with Crippen LogP contribution < -0.4 is 10.1 Å². The molecule has 0 saturated heterocycles. The molecule has 0 bridgehead atoms. The number of nitrogens with zero attached hydrogens (tertiary/aromatic N) is 2. The standard InChI is InChI=1S/C13H15N3O/c1-10-7-8-14-13(16-10)15-9-11-5-3-4-6-12(11)17-2/h3-8H,9H2,1-2H3,(H,14,15,16). The van der Waals surface area contributed by atoms with Gasteiger partial charge in [0.15, 0.2) is 0 Å². The molecule has 1 heterocycles. The Morgan fingerprint density at radius 2 is 2.06 bits per heavy atom. The molecule has 0 spiro atoms. The van der Waals surface area contributed by atoms with Crippen LogP contribution in [0, 0.1) is 6.92 Å². The summed E-state index contributed by atoms with van der Waals surface area (Å²) in [6.07, 6.45) is 1.74. The van der Waals surface area contributed by atoms with Crippen LogP contribution in [-0.4, -0.2) is 17.1 Å².